The number of rotatable bonds is 5. The fourth-order valence-electron chi connectivity index (χ4n) is 3.44. The Bertz CT molecular complexity index is 1130. The molecule has 4 rings (SSSR count). The molecule has 0 saturated heterocycles. The second kappa shape index (κ2) is 8.13. The van der Waals surface area contributed by atoms with E-state index in [1.807, 2.05) is 18.2 Å². The molecule has 0 unspecified atom stereocenters. The van der Waals surface area contributed by atoms with Crippen molar-refractivity contribution in [3.8, 4) is 17.6 Å². The summed E-state index contributed by atoms with van der Waals surface area (Å²) >= 11 is 0. The number of ether oxygens (including phenoxy) is 2. The molecule has 0 aliphatic carbocycles. The molecule has 3 aromatic rings. The van der Waals surface area contributed by atoms with Crippen molar-refractivity contribution in [1.82, 2.24) is 0 Å². The first-order valence-corrected chi connectivity index (χ1v) is 9.24. The van der Waals surface area contributed by atoms with E-state index in [0.29, 0.717) is 28.4 Å². The maximum absolute atomic E-state index is 13.5. The van der Waals surface area contributed by atoms with E-state index in [-0.39, 0.29) is 18.3 Å². The average Bonchev–Trinajstić information content (AvgIpc) is 2.78. The molecular weight excluding hydrogens is 385 g/mol. The van der Waals surface area contributed by atoms with Gasteiger partial charge in [-0.05, 0) is 54.1 Å². The number of nitrogens with one attached hydrogen (secondary N) is 1. The van der Waals surface area contributed by atoms with Gasteiger partial charge in [0.25, 0.3) is 5.91 Å². The van der Waals surface area contributed by atoms with Crippen molar-refractivity contribution in [1.29, 1.82) is 5.26 Å². The van der Waals surface area contributed by atoms with Crippen LogP contribution < -0.4 is 19.7 Å². The number of amides is 1. The minimum atomic E-state index is -0.559. The van der Waals surface area contributed by atoms with Crippen LogP contribution in [0.25, 0.3) is 0 Å². The van der Waals surface area contributed by atoms with Crippen molar-refractivity contribution in [3.05, 3.63) is 83.7 Å². The van der Waals surface area contributed by atoms with Gasteiger partial charge in [0.1, 0.15) is 18.1 Å². The molecule has 1 aliphatic rings. The molecule has 1 aliphatic heterocycles. The van der Waals surface area contributed by atoms with Gasteiger partial charge in [0.15, 0.2) is 18.1 Å². The number of fused-ring (bicyclic) bond motifs is 1. The van der Waals surface area contributed by atoms with E-state index >= 15 is 0 Å². The normalized spacial score (nSPS) is 15.0. The summed E-state index contributed by atoms with van der Waals surface area (Å²) in [7, 11) is 1.50. The lowest BCUT2D eigenvalue weighted by Gasteiger charge is -2.38. The van der Waals surface area contributed by atoms with Crippen LogP contribution in [0.4, 0.5) is 15.8 Å². The standard InChI is InChI=1S/C23H18FN3O3/c1-29-21-14-15(6-11-20(21)30-13-12-25)22-26-19-5-3-2-4-18(19)23(28)27(22)17-9-7-16(24)8-10-17/h2-11,14,22,26H,13H2,1H3/t22-/m1/s1. The summed E-state index contributed by atoms with van der Waals surface area (Å²) in [6.07, 6.45) is -0.559. The van der Waals surface area contributed by atoms with E-state index in [1.54, 1.807) is 47.4 Å². The lowest BCUT2D eigenvalue weighted by atomic mass is 10.0. The summed E-state index contributed by atoms with van der Waals surface area (Å²) in [6, 6.07) is 20.2. The molecule has 1 heterocycles. The van der Waals surface area contributed by atoms with Crippen LogP contribution >= 0.6 is 0 Å². The van der Waals surface area contributed by atoms with Crippen LogP contribution in [0.1, 0.15) is 22.1 Å². The Hall–Kier alpha value is -4.05. The number of benzene rings is 3. The monoisotopic (exact) mass is 403 g/mol. The highest BCUT2D eigenvalue weighted by atomic mass is 19.1. The van der Waals surface area contributed by atoms with E-state index in [1.165, 1.54) is 19.2 Å². The predicted octanol–water partition coefficient (Wildman–Crippen LogP) is 4.51. The van der Waals surface area contributed by atoms with Gasteiger partial charge in [-0.25, -0.2) is 4.39 Å². The van der Waals surface area contributed by atoms with E-state index < -0.39 is 6.17 Å². The van der Waals surface area contributed by atoms with Crippen LogP contribution in [0.2, 0.25) is 0 Å². The molecule has 0 bridgehead atoms. The molecule has 0 spiro atoms. The number of methoxy groups -OCH3 is 1. The minimum absolute atomic E-state index is 0.106. The molecule has 3 aromatic carbocycles. The second-order valence-corrected chi connectivity index (χ2v) is 6.60. The minimum Gasteiger partial charge on any atom is -0.493 e. The fraction of sp³-hybridized carbons (Fsp3) is 0.130. The Morgan fingerprint density at radius 1 is 1.10 bits per heavy atom. The van der Waals surface area contributed by atoms with Gasteiger partial charge in [-0.2, -0.15) is 5.26 Å². The Kier molecular flexibility index (Phi) is 5.22. The number of para-hydroxylation sites is 1. The van der Waals surface area contributed by atoms with Crippen molar-refractivity contribution in [2.45, 2.75) is 6.17 Å². The predicted molar refractivity (Wildman–Crippen MR) is 110 cm³/mol. The number of anilines is 2. The number of nitrogens with zero attached hydrogens (tertiary/aromatic N) is 2. The van der Waals surface area contributed by atoms with E-state index in [4.69, 9.17) is 14.7 Å². The number of nitriles is 1. The highest BCUT2D eigenvalue weighted by Crippen LogP contribution is 2.39. The van der Waals surface area contributed by atoms with Gasteiger partial charge in [-0.1, -0.05) is 18.2 Å². The molecule has 7 heteroatoms. The molecule has 1 amide bonds. The van der Waals surface area contributed by atoms with Crippen LogP contribution in [-0.2, 0) is 0 Å². The zero-order valence-corrected chi connectivity index (χ0v) is 16.1. The van der Waals surface area contributed by atoms with E-state index in [9.17, 15) is 9.18 Å². The molecule has 0 fully saturated rings. The van der Waals surface area contributed by atoms with Gasteiger partial charge in [0.05, 0.1) is 12.7 Å². The Balaban J connectivity index is 1.80. The average molecular weight is 403 g/mol. The van der Waals surface area contributed by atoms with Crippen molar-refractivity contribution in [2.24, 2.45) is 0 Å². The SMILES string of the molecule is COc1cc([C@@H]2Nc3ccccc3C(=O)N2c2ccc(F)cc2)ccc1OCC#N. The summed E-state index contributed by atoms with van der Waals surface area (Å²) in [6.45, 7) is -0.106. The molecule has 0 saturated carbocycles. The van der Waals surface area contributed by atoms with Crippen LogP contribution in [0.15, 0.2) is 66.7 Å². The van der Waals surface area contributed by atoms with E-state index in [2.05, 4.69) is 5.32 Å². The number of carbonyl (C=O) groups is 1. The molecular formula is C23H18FN3O3. The summed E-state index contributed by atoms with van der Waals surface area (Å²) < 4.78 is 24.3. The van der Waals surface area contributed by atoms with Gasteiger partial charge in [-0.3, -0.25) is 9.69 Å². The molecule has 30 heavy (non-hydrogen) atoms. The highest BCUT2D eigenvalue weighted by molar-refractivity contribution is 6.12. The van der Waals surface area contributed by atoms with Crippen LogP contribution in [0, 0.1) is 17.1 Å². The third kappa shape index (κ3) is 3.51. The Labute approximate surface area is 173 Å². The lowest BCUT2D eigenvalue weighted by Crippen LogP contribution is -2.43. The third-order valence-corrected chi connectivity index (χ3v) is 4.83. The zero-order chi connectivity index (χ0) is 21.1. The summed E-state index contributed by atoms with van der Waals surface area (Å²) in [4.78, 5) is 14.9. The molecule has 0 aromatic heterocycles. The molecule has 1 N–H and O–H groups in total. The molecule has 150 valence electrons. The summed E-state index contributed by atoms with van der Waals surface area (Å²) in [5, 5.41) is 12.1. The smallest absolute Gasteiger partial charge is 0.262 e. The summed E-state index contributed by atoms with van der Waals surface area (Å²) in [5.41, 5.74) is 2.52. The van der Waals surface area contributed by atoms with Crippen LogP contribution in [-0.4, -0.2) is 19.6 Å². The van der Waals surface area contributed by atoms with Crippen LogP contribution in [0.3, 0.4) is 0 Å². The van der Waals surface area contributed by atoms with Gasteiger partial charge in [-0.15, -0.1) is 0 Å². The number of hydrogen-bond acceptors (Lipinski definition) is 5. The Morgan fingerprint density at radius 2 is 1.87 bits per heavy atom. The maximum Gasteiger partial charge on any atom is 0.262 e. The quantitative estimate of drug-likeness (QED) is 0.679. The number of hydrogen-bond donors (Lipinski definition) is 1. The topological polar surface area (TPSA) is 74.6 Å². The third-order valence-electron chi connectivity index (χ3n) is 4.83. The lowest BCUT2D eigenvalue weighted by molar-refractivity contribution is 0.0975. The fourth-order valence-corrected chi connectivity index (χ4v) is 3.44. The first-order valence-electron chi connectivity index (χ1n) is 9.24. The maximum atomic E-state index is 13.5. The summed E-state index contributed by atoms with van der Waals surface area (Å²) in [5.74, 6) is 0.284. The largest absolute Gasteiger partial charge is 0.493 e. The first-order chi connectivity index (χ1) is 14.6. The number of halogens is 1. The van der Waals surface area contributed by atoms with Crippen molar-refractivity contribution < 1.29 is 18.7 Å². The first kappa shape index (κ1) is 19.3. The Morgan fingerprint density at radius 3 is 2.60 bits per heavy atom. The second-order valence-electron chi connectivity index (χ2n) is 6.60. The highest BCUT2D eigenvalue weighted by Gasteiger charge is 2.34. The van der Waals surface area contributed by atoms with Gasteiger partial charge in [0.2, 0.25) is 0 Å². The zero-order valence-electron chi connectivity index (χ0n) is 16.1. The molecule has 1 atom stereocenters. The van der Waals surface area contributed by atoms with Gasteiger partial charge in [0, 0.05) is 11.4 Å². The van der Waals surface area contributed by atoms with Crippen molar-refractivity contribution in [3.63, 3.8) is 0 Å². The van der Waals surface area contributed by atoms with E-state index in [0.717, 1.165) is 5.56 Å². The van der Waals surface area contributed by atoms with Crippen molar-refractivity contribution in [2.75, 3.05) is 23.9 Å². The van der Waals surface area contributed by atoms with Gasteiger partial charge < -0.3 is 14.8 Å². The number of carbonyl (C=O) groups excluding carboxylic acids is 1. The van der Waals surface area contributed by atoms with Gasteiger partial charge >= 0.3 is 0 Å². The molecule has 6 nitrogen and oxygen atoms in total. The van der Waals surface area contributed by atoms with Crippen LogP contribution in [0.5, 0.6) is 11.5 Å². The molecule has 0 radical (unpaired) electrons. The van der Waals surface area contributed by atoms with Crippen molar-refractivity contribution >= 4 is 17.3 Å².